The summed E-state index contributed by atoms with van der Waals surface area (Å²) >= 11 is 8.07. The van der Waals surface area contributed by atoms with Crippen LogP contribution in [0.2, 0.25) is 5.02 Å². The van der Waals surface area contributed by atoms with Gasteiger partial charge in [-0.25, -0.2) is 9.03 Å². The summed E-state index contributed by atoms with van der Waals surface area (Å²) in [5.41, 5.74) is 5.14. The number of halogens is 1. The maximum Gasteiger partial charge on any atom is 0.142 e. The number of aryl methyl sites for hydroxylation is 1. The Balaban J connectivity index is 1.12. The van der Waals surface area contributed by atoms with E-state index in [2.05, 4.69) is 72.2 Å². The minimum Gasteiger partial charge on any atom is -0.491 e. The van der Waals surface area contributed by atoms with Crippen molar-refractivity contribution in [2.75, 3.05) is 39.3 Å². The average molecular weight is 586 g/mol. The number of hydrogen-bond donors (Lipinski definition) is 1. The van der Waals surface area contributed by atoms with E-state index in [1.807, 2.05) is 13.2 Å². The van der Waals surface area contributed by atoms with E-state index in [0.29, 0.717) is 24.7 Å². The monoisotopic (exact) mass is 585 g/mol. The minimum atomic E-state index is 0.308. The maximum absolute atomic E-state index is 6.37. The molecule has 1 aliphatic heterocycles. The molecule has 0 spiro atoms. The molecule has 3 atom stereocenters. The Morgan fingerprint density at radius 1 is 1.15 bits per heavy atom. The van der Waals surface area contributed by atoms with Gasteiger partial charge in [-0.15, -0.1) is 0 Å². The van der Waals surface area contributed by atoms with Gasteiger partial charge in [0, 0.05) is 56.4 Å². The molecule has 2 aromatic carbocycles. The van der Waals surface area contributed by atoms with Gasteiger partial charge < -0.3 is 14.4 Å². The summed E-state index contributed by atoms with van der Waals surface area (Å²) in [5.74, 6) is 3.60. The highest BCUT2D eigenvalue weighted by Crippen LogP contribution is 2.46. The number of fused-ring (bicyclic) bond motifs is 1. The number of methoxy groups -OCH3 is 1. The fraction of sp³-hybridized carbons (Fsp3) is 0.636. The molecule has 1 N–H and O–H groups in total. The molecule has 5 nitrogen and oxygen atoms in total. The third-order valence-electron chi connectivity index (χ3n) is 9.74. The van der Waals surface area contributed by atoms with E-state index in [9.17, 15) is 0 Å². The lowest BCUT2D eigenvalue weighted by Crippen LogP contribution is -2.47. The first-order chi connectivity index (χ1) is 19.4. The fourth-order valence-corrected chi connectivity index (χ4v) is 7.89. The molecule has 0 radical (unpaired) electrons. The summed E-state index contributed by atoms with van der Waals surface area (Å²) in [6.45, 7) is 7.01. The molecule has 220 valence electrons. The fourth-order valence-electron chi connectivity index (χ4n) is 6.92. The van der Waals surface area contributed by atoms with Crippen molar-refractivity contribution < 1.29 is 9.47 Å². The van der Waals surface area contributed by atoms with Crippen LogP contribution in [-0.2, 0) is 17.7 Å². The molecule has 0 bridgehead atoms. The number of nitrogens with one attached hydrogen (secondary N) is 1. The Kier molecular flexibility index (Phi) is 10.3. The normalized spacial score (nSPS) is 24.5. The zero-order valence-electron chi connectivity index (χ0n) is 25.0. The molecule has 0 saturated heterocycles. The minimum absolute atomic E-state index is 0.308. The molecule has 2 aliphatic carbocycles. The Morgan fingerprint density at radius 3 is 2.65 bits per heavy atom. The van der Waals surface area contributed by atoms with Gasteiger partial charge in [-0.2, -0.15) is 0 Å². The van der Waals surface area contributed by atoms with Gasteiger partial charge in [-0.1, -0.05) is 43.5 Å². The maximum atomic E-state index is 6.37. The Bertz CT molecular complexity index is 1120. The summed E-state index contributed by atoms with van der Waals surface area (Å²) in [6, 6.07) is 13.5. The zero-order valence-corrected chi connectivity index (χ0v) is 26.6. The molecule has 0 aromatic heterocycles. The van der Waals surface area contributed by atoms with E-state index in [-0.39, 0.29) is 0 Å². The van der Waals surface area contributed by atoms with Crippen molar-refractivity contribution in [3.05, 3.63) is 58.1 Å². The molecular formula is C33H48ClN3O2S. The van der Waals surface area contributed by atoms with E-state index in [1.165, 1.54) is 54.5 Å². The van der Waals surface area contributed by atoms with Crippen LogP contribution in [0.3, 0.4) is 0 Å². The SMILES string of the molecule is CCCc1cc(Cl)ccc1C1COc2ccc(CNSN(C)C(C)C3CC(C(OC)C4CCC4)C3)cc2N(C)C1. The topological polar surface area (TPSA) is 37.0 Å². The third kappa shape index (κ3) is 6.78. The van der Waals surface area contributed by atoms with Crippen LogP contribution in [0, 0.1) is 17.8 Å². The van der Waals surface area contributed by atoms with Crippen molar-refractivity contribution in [3.8, 4) is 5.75 Å². The largest absolute Gasteiger partial charge is 0.491 e. The van der Waals surface area contributed by atoms with Crippen LogP contribution in [0.1, 0.15) is 75.0 Å². The molecule has 3 unspecified atom stereocenters. The number of anilines is 1. The molecule has 7 heteroatoms. The highest BCUT2D eigenvalue weighted by atomic mass is 35.5. The standard InChI is InChI=1S/C33H48ClN3O2S/c1-6-8-25-18-29(34)12-13-30(25)28-20-36(3)31-15-23(11-14-32(31)39-21-28)19-35-40-37(4)22(2)26-16-27(17-26)33(38-5)24-9-7-10-24/h11-15,18,22,24,26-28,33,35H,6-10,16-17,19-21H2,1-5H3. The van der Waals surface area contributed by atoms with Gasteiger partial charge in [-0.05, 0) is 105 Å². The van der Waals surface area contributed by atoms with E-state index >= 15 is 0 Å². The molecule has 2 aromatic rings. The summed E-state index contributed by atoms with van der Waals surface area (Å²) in [7, 11) is 6.32. The summed E-state index contributed by atoms with van der Waals surface area (Å²) in [4.78, 5) is 2.35. The number of benzene rings is 2. The molecule has 5 rings (SSSR count). The summed E-state index contributed by atoms with van der Waals surface area (Å²) in [6.07, 6.45) is 9.35. The Labute approximate surface area is 251 Å². The quantitative estimate of drug-likeness (QED) is 0.257. The second-order valence-corrected chi connectivity index (χ2v) is 13.8. The lowest BCUT2D eigenvalue weighted by Gasteiger charge is -2.48. The van der Waals surface area contributed by atoms with Crippen LogP contribution in [0.4, 0.5) is 5.69 Å². The number of nitrogens with zero attached hydrogens (tertiary/aromatic N) is 2. The van der Waals surface area contributed by atoms with Gasteiger partial charge in [0.2, 0.25) is 0 Å². The molecule has 3 aliphatic rings. The molecular weight excluding hydrogens is 538 g/mol. The Hall–Kier alpha value is -1.44. The van der Waals surface area contributed by atoms with Crippen molar-refractivity contribution >= 4 is 29.4 Å². The van der Waals surface area contributed by atoms with Gasteiger partial charge in [-0.3, -0.25) is 0 Å². The van der Waals surface area contributed by atoms with Crippen LogP contribution >= 0.6 is 23.7 Å². The highest BCUT2D eigenvalue weighted by Gasteiger charge is 2.43. The molecule has 1 heterocycles. The number of rotatable bonds is 12. The molecule has 40 heavy (non-hydrogen) atoms. The van der Waals surface area contributed by atoms with Crippen molar-refractivity contribution in [1.29, 1.82) is 0 Å². The zero-order chi connectivity index (χ0) is 28.2. The van der Waals surface area contributed by atoms with Crippen molar-refractivity contribution in [2.45, 2.75) is 83.4 Å². The molecule has 2 saturated carbocycles. The molecule has 0 amide bonds. The van der Waals surface area contributed by atoms with E-state index in [0.717, 1.165) is 54.5 Å². The average Bonchev–Trinajstić information content (AvgIpc) is 3.04. The molecule has 2 fully saturated rings. The first-order valence-corrected chi connectivity index (χ1v) is 16.4. The first-order valence-electron chi connectivity index (χ1n) is 15.3. The highest BCUT2D eigenvalue weighted by molar-refractivity contribution is 7.95. The van der Waals surface area contributed by atoms with Gasteiger partial charge in [0.05, 0.1) is 18.4 Å². The van der Waals surface area contributed by atoms with Crippen LogP contribution in [0.5, 0.6) is 5.75 Å². The van der Waals surface area contributed by atoms with Crippen LogP contribution < -0.4 is 14.4 Å². The van der Waals surface area contributed by atoms with Gasteiger partial charge >= 0.3 is 0 Å². The summed E-state index contributed by atoms with van der Waals surface area (Å²) in [5, 5.41) is 0.814. The van der Waals surface area contributed by atoms with Crippen LogP contribution in [0.15, 0.2) is 36.4 Å². The lowest BCUT2D eigenvalue weighted by atomic mass is 9.64. The first kappa shape index (κ1) is 30.0. The van der Waals surface area contributed by atoms with Crippen LogP contribution in [-0.4, -0.2) is 50.8 Å². The summed E-state index contributed by atoms with van der Waals surface area (Å²) < 4.78 is 18.3. The predicted molar refractivity (Wildman–Crippen MR) is 169 cm³/mol. The van der Waals surface area contributed by atoms with Gasteiger partial charge in [0.1, 0.15) is 5.75 Å². The van der Waals surface area contributed by atoms with Gasteiger partial charge in [0.15, 0.2) is 0 Å². The lowest BCUT2D eigenvalue weighted by molar-refractivity contribution is -0.0695. The van der Waals surface area contributed by atoms with E-state index in [4.69, 9.17) is 21.1 Å². The van der Waals surface area contributed by atoms with Gasteiger partial charge in [0.25, 0.3) is 0 Å². The van der Waals surface area contributed by atoms with Crippen LogP contribution in [0.25, 0.3) is 0 Å². The smallest absolute Gasteiger partial charge is 0.142 e. The number of hydrogen-bond acceptors (Lipinski definition) is 6. The number of ether oxygens (including phenoxy) is 2. The predicted octanol–water partition coefficient (Wildman–Crippen LogP) is 7.72. The second-order valence-electron chi connectivity index (χ2n) is 12.4. The second kappa shape index (κ2) is 13.7. The van der Waals surface area contributed by atoms with E-state index in [1.54, 1.807) is 12.1 Å². The number of likely N-dealkylation sites (N-methyl/N-ethyl adjacent to an activating group) is 1. The van der Waals surface area contributed by atoms with E-state index < -0.39 is 0 Å². The Morgan fingerprint density at radius 2 is 1.95 bits per heavy atom. The van der Waals surface area contributed by atoms with Crippen molar-refractivity contribution in [2.24, 2.45) is 17.8 Å². The van der Waals surface area contributed by atoms with Crippen molar-refractivity contribution in [3.63, 3.8) is 0 Å². The van der Waals surface area contributed by atoms with Crippen molar-refractivity contribution in [1.82, 2.24) is 9.03 Å². The third-order valence-corrected chi connectivity index (χ3v) is 10.9.